The summed E-state index contributed by atoms with van der Waals surface area (Å²) in [4.78, 5) is 12.6. The summed E-state index contributed by atoms with van der Waals surface area (Å²) in [5.41, 5.74) is 1.02. The van der Waals surface area contributed by atoms with Crippen molar-refractivity contribution in [3.05, 3.63) is 46.2 Å². The molecule has 0 radical (unpaired) electrons. The maximum Gasteiger partial charge on any atom is 0.308 e. The van der Waals surface area contributed by atoms with E-state index >= 15 is 0 Å². The molecule has 0 amide bonds. The monoisotopic (exact) mass is 291 g/mol. The van der Waals surface area contributed by atoms with Crippen LogP contribution in [0.4, 0.5) is 5.69 Å². The van der Waals surface area contributed by atoms with Crippen molar-refractivity contribution in [1.29, 1.82) is 0 Å². The third kappa shape index (κ3) is 4.28. The fourth-order valence-electron chi connectivity index (χ4n) is 1.79. The van der Waals surface area contributed by atoms with Crippen LogP contribution in [0, 0.1) is 0 Å². The summed E-state index contributed by atoms with van der Waals surface area (Å²) in [6.45, 7) is 3.31. The zero-order valence-corrected chi connectivity index (χ0v) is 12.1. The van der Waals surface area contributed by atoms with Gasteiger partial charge in [0.2, 0.25) is 0 Å². The largest absolute Gasteiger partial charge is 0.494 e. The minimum absolute atomic E-state index is 0.0910. The van der Waals surface area contributed by atoms with Crippen LogP contribution in [0.3, 0.4) is 0 Å². The Morgan fingerprint density at radius 3 is 2.55 bits per heavy atom. The van der Waals surface area contributed by atoms with Crippen LogP contribution in [-0.2, 0) is 17.8 Å². The highest BCUT2D eigenvalue weighted by atomic mass is 32.1. The maximum atomic E-state index is 10.6. The topological polar surface area (TPSA) is 58.6 Å². The van der Waals surface area contributed by atoms with Crippen molar-refractivity contribution < 1.29 is 14.6 Å². The molecule has 4 nitrogen and oxygen atoms in total. The normalized spacial score (nSPS) is 10.2. The summed E-state index contributed by atoms with van der Waals surface area (Å²) in [5, 5.41) is 12.0. The highest BCUT2D eigenvalue weighted by molar-refractivity contribution is 7.12. The second-order valence-electron chi connectivity index (χ2n) is 4.25. The number of anilines is 1. The second-order valence-corrected chi connectivity index (χ2v) is 5.50. The third-order valence-corrected chi connectivity index (χ3v) is 3.76. The lowest BCUT2D eigenvalue weighted by atomic mass is 10.3. The van der Waals surface area contributed by atoms with E-state index in [0.717, 1.165) is 21.2 Å². The first-order chi connectivity index (χ1) is 9.67. The summed E-state index contributed by atoms with van der Waals surface area (Å²) in [5.74, 6) is 0.0655. The van der Waals surface area contributed by atoms with Gasteiger partial charge in [-0.2, -0.15) is 0 Å². The van der Waals surface area contributed by atoms with Gasteiger partial charge in [0, 0.05) is 22.0 Å². The van der Waals surface area contributed by atoms with Crippen LogP contribution in [0.1, 0.15) is 16.7 Å². The number of rotatable bonds is 7. The van der Waals surface area contributed by atoms with E-state index < -0.39 is 5.97 Å². The molecule has 1 heterocycles. The Labute approximate surface area is 122 Å². The third-order valence-electron chi connectivity index (χ3n) is 2.67. The number of hydrogen-bond acceptors (Lipinski definition) is 4. The smallest absolute Gasteiger partial charge is 0.308 e. The Bertz CT molecular complexity index is 563. The van der Waals surface area contributed by atoms with Crippen molar-refractivity contribution in [2.45, 2.75) is 19.9 Å². The van der Waals surface area contributed by atoms with Crippen LogP contribution in [0.5, 0.6) is 5.75 Å². The van der Waals surface area contributed by atoms with E-state index in [0.29, 0.717) is 13.2 Å². The molecule has 0 saturated heterocycles. The molecule has 0 unspecified atom stereocenters. The molecule has 0 aliphatic rings. The predicted octanol–water partition coefficient (Wildman–Crippen LogP) is 3.39. The summed E-state index contributed by atoms with van der Waals surface area (Å²) in [7, 11) is 0. The fourth-order valence-corrected chi connectivity index (χ4v) is 2.74. The van der Waals surface area contributed by atoms with Crippen molar-refractivity contribution in [3.63, 3.8) is 0 Å². The average molecular weight is 291 g/mol. The lowest BCUT2D eigenvalue weighted by molar-refractivity contribution is -0.136. The van der Waals surface area contributed by atoms with Gasteiger partial charge in [0.15, 0.2) is 0 Å². The first-order valence-corrected chi connectivity index (χ1v) is 7.25. The lowest BCUT2D eigenvalue weighted by Gasteiger charge is -2.06. The van der Waals surface area contributed by atoms with Crippen LogP contribution in [0.25, 0.3) is 0 Å². The molecule has 1 aromatic heterocycles. The van der Waals surface area contributed by atoms with Crippen LogP contribution in [0.15, 0.2) is 36.4 Å². The van der Waals surface area contributed by atoms with Crippen molar-refractivity contribution in [2.75, 3.05) is 11.9 Å². The molecule has 1 aromatic carbocycles. The number of aliphatic carboxylic acids is 1. The van der Waals surface area contributed by atoms with Gasteiger partial charge in [0.25, 0.3) is 0 Å². The molecule has 0 atom stereocenters. The zero-order chi connectivity index (χ0) is 14.4. The van der Waals surface area contributed by atoms with E-state index in [1.165, 1.54) is 11.3 Å². The standard InChI is InChI=1S/C15H17NO3S/c1-2-19-12-5-3-11(4-6-12)16-10-14-8-7-13(20-14)9-15(17)18/h3-8,16H,2,9-10H2,1H3,(H,17,18). The number of hydrogen-bond donors (Lipinski definition) is 2. The minimum atomic E-state index is -0.794. The number of thiophene rings is 1. The average Bonchev–Trinajstić information content (AvgIpc) is 2.85. The van der Waals surface area contributed by atoms with Crippen LogP contribution >= 0.6 is 11.3 Å². The van der Waals surface area contributed by atoms with Gasteiger partial charge < -0.3 is 15.2 Å². The van der Waals surface area contributed by atoms with Crippen molar-refractivity contribution >= 4 is 23.0 Å². The van der Waals surface area contributed by atoms with E-state index in [1.54, 1.807) is 0 Å². The molecule has 0 saturated carbocycles. The summed E-state index contributed by atoms with van der Waals surface area (Å²) in [6, 6.07) is 11.6. The zero-order valence-electron chi connectivity index (χ0n) is 11.3. The molecule has 5 heteroatoms. The molecule has 20 heavy (non-hydrogen) atoms. The molecule has 0 bridgehead atoms. The van der Waals surface area contributed by atoms with Gasteiger partial charge in [0.1, 0.15) is 5.75 Å². The maximum absolute atomic E-state index is 10.6. The SMILES string of the molecule is CCOc1ccc(NCc2ccc(CC(=O)O)s2)cc1. The molecule has 2 N–H and O–H groups in total. The van der Waals surface area contributed by atoms with E-state index in [9.17, 15) is 4.79 Å². The Hall–Kier alpha value is -2.01. The Balaban J connectivity index is 1.88. The highest BCUT2D eigenvalue weighted by Crippen LogP contribution is 2.20. The van der Waals surface area contributed by atoms with Gasteiger partial charge >= 0.3 is 5.97 Å². The number of ether oxygens (including phenoxy) is 1. The Morgan fingerprint density at radius 1 is 1.20 bits per heavy atom. The fraction of sp³-hybridized carbons (Fsp3) is 0.267. The van der Waals surface area contributed by atoms with Gasteiger partial charge in [-0.25, -0.2) is 0 Å². The highest BCUT2D eigenvalue weighted by Gasteiger charge is 2.04. The molecule has 2 rings (SSSR count). The first kappa shape index (κ1) is 14.4. The van der Waals surface area contributed by atoms with Gasteiger partial charge in [-0.15, -0.1) is 11.3 Å². The minimum Gasteiger partial charge on any atom is -0.494 e. The van der Waals surface area contributed by atoms with E-state index in [1.807, 2.05) is 43.3 Å². The second kappa shape index (κ2) is 6.96. The molecule has 0 spiro atoms. The van der Waals surface area contributed by atoms with E-state index in [2.05, 4.69) is 5.32 Å². The molecular weight excluding hydrogens is 274 g/mol. The molecule has 0 fully saturated rings. The quantitative estimate of drug-likeness (QED) is 0.821. The van der Waals surface area contributed by atoms with E-state index in [4.69, 9.17) is 9.84 Å². The molecule has 0 aliphatic carbocycles. The molecule has 2 aromatic rings. The predicted molar refractivity (Wildman–Crippen MR) is 80.6 cm³/mol. The Morgan fingerprint density at radius 2 is 1.90 bits per heavy atom. The molecule has 106 valence electrons. The first-order valence-electron chi connectivity index (χ1n) is 6.43. The van der Waals surface area contributed by atoms with Crippen LogP contribution < -0.4 is 10.1 Å². The number of carboxylic acid groups (broad SMARTS) is 1. The number of carbonyl (C=O) groups is 1. The number of benzene rings is 1. The molecule has 0 aliphatic heterocycles. The molecular formula is C15H17NO3S. The van der Waals surface area contributed by atoms with Gasteiger partial charge in [-0.3, -0.25) is 4.79 Å². The number of nitrogens with one attached hydrogen (secondary N) is 1. The van der Waals surface area contributed by atoms with Crippen LogP contribution in [0.2, 0.25) is 0 Å². The van der Waals surface area contributed by atoms with Gasteiger partial charge in [0.05, 0.1) is 13.0 Å². The van der Waals surface area contributed by atoms with Crippen LogP contribution in [-0.4, -0.2) is 17.7 Å². The van der Waals surface area contributed by atoms with E-state index in [-0.39, 0.29) is 6.42 Å². The van der Waals surface area contributed by atoms with Crippen molar-refractivity contribution in [1.82, 2.24) is 0 Å². The van der Waals surface area contributed by atoms with Crippen molar-refractivity contribution in [3.8, 4) is 5.75 Å². The summed E-state index contributed by atoms with van der Waals surface area (Å²) < 4.78 is 5.38. The lowest BCUT2D eigenvalue weighted by Crippen LogP contribution is -1.98. The number of carboxylic acids is 1. The summed E-state index contributed by atoms with van der Waals surface area (Å²) in [6.07, 6.45) is 0.0910. The van der Waals surface area contributed by atoms with Crippen molar-refractivity contribution in [2.24, 2.45) is 0 Å². The Kier molecular flexibility index (Phi) is 5.01. The summed E-state index contributed by atoms with van der Waals surface area (Å²) >= 11 is 1.52. The van der Waals surface area contributed by atoms with Gasteiger partial charge in [-0.1, -0.05) is 0 Å². The van der Waals surface area contributed by atoms with Gasteiger partial charge in [-0.05, 0) is 43.3 Å².